The highest BCUT2D eigenvalue weighted by Gasteiger charge is 2.36. The van der Waals surface area contributed by atoms with Crippen LogP contribution in [0.2, 0.25) is 0 Å². The molecule has 1 aliphatic rings. The van der Waals surface area contributed by atoms with Crippen molar-refractivity contribution in [3.63, 3.8) is 0 Å². The van der Waals surface area contributed by atoms with Crippen LogP contribution in [0.15, 0.2) is 36.5 Å². The van der Waals surface area contributed by atoms with Crippen molar-refractivity contribution in [3.8, 4) is 11.3 Å². The third-order valence-electron chi connectivity index (χ3n) is 4.76. The Hall–Kier alpha value is -2.51. The third kappa shape index (κ3) is 3.20. The largest absolute Gasteiger partial charge is 0.380 e. The van der Waals surface area contributed by atoms with E-state index in [1.54, 1.807) is 7.11 Å². The van der Waals surface area contributed by atoms with Gasteiger partial charge in [0, 0.05) is 25.8 Å². The lowest BCUT2D eigenvalue weighted by Crippen LogP contribution is -2.25. The van der Waals surface area contributed by atoms with Crippen LogP contribution in [0, 0.1) is 6.92 Å². The van der Waals surface area contributed by atoms with Crippen molar-refractivity contribution in [1.82, 2.24) is 30.3 Å². The second kappa shape index (κ2) is 6.78. The van der Waals surface area contributed by atoms with Crippen LogP contribution >= 0.6 is 0 Å². The van der Waals surface area contributed by atoms with Crippen LogP contribution in [0.25, 0.3) is 11.3 Å². The Morgan fingerprint density at radius 3 is 2.80 bits per heavy atom. The SMILES string of the molecule is CO[C@H]1C[C@@H](c2n[nH]c(C)n2)N(Cc2cn[nH]c2-c2ccccc2)C1. The summed E-state index contributed by atoms with van der Waals surface area (Å²) in [7, 11) is 1.77. The number of rotatable bonds is 5. The van der Waals surface area contributed by atoms with Gasteiger partial charge in [-0.25, -0.2) is 4.98 Å². The first-order valence-electron chi connectivity index (χ1n) is 8.48. The normalized spacial score (nSPS) is 21.0. The van der Waals surface area contributed by atoms with E-state index in [0.29, 0.717) is 0 Å². The monoisotopic (exact) mass is 338 g/mol. The molecule has 3 heterocycles. The molecule has 4 rings (SSSR count). The van der Waals surface area contributed by atoms with Crippen LogP contribution in [0.4, 0.5) is 0 Å². The van der Waals surface area contributed by atoms with Gasteiger partial charge in [-0.05, 0) is 18.9 Å². The Morgan fingerprint density at radius 1 is 1.24 bits per heavy atom. The molecule has 7 nitrogen and oxygen atoms in total. The summed E-state index contributed by atoms with van der Waals surface area (Å²) >= 11 is 0. The number of methoxy groups -OCH3 is 1. The summed E-state index contributed by atoms with van der Waals surface area (Å²) in [5.41, 5.74) is 3.37. The van der Waals surface area contributed by atoms with Gasteiger partial charge in [0.25, 0.3) is 0 Å². The number of hydrogen-bond acceptors (Lipinski definition) is 5. The van der Waals surface area contributed by atoms with Gasteiger partial charge in [-0.2, -0.15) is 10.2 Å². The number of ether oxygens (including phenoxy) is 1. The summed E-state index contributed by atoms with van der Waals surface area (Å²) in [5, 5.41) is 14.7. The Kier molecular flexibility index (Phi) is 4.33. The quantitative estimate of drug-likeness (QED) is 0.747. The summed E-state index contributed by atoms with van der Waals surface area (Å²) in [5.74, 6) is 1.67. The lowest BCUT2D eigenvalue weighted by molar-refractivity contribution is 0.107. The highest BCUT2D eigenvalue weighted by Crippen LogP contribution is 2.34. The molecule has 0 amide bonds. The molecular weight excluding hydrogens is 316 g/mol. The molecule has 1 aromatic carbocycles. The zero-order valence-corrected chi connectivity index (χ0v) is 14.4. The zero-order valence-electron chi connectivity index (χ0n) is 14.4. The Balaban J connectivity index is 1.60. The van der Waals surface area contributed by atoms with E-state index in [0.717, 1.165) is 42.4 Å². The molecule has 2 N–H and O–H groups in total. The molecule has 1 fully saturated rings. The van der Waals surface area contributed by atoms with Gasteiger partial charge in [-0.3, -0.25) is 15.1 Å². The lowest BCUT2D eigenvalue weighted by Gasteiger charge is -2.21. The minimum Gasteiger partial charge on any atom is -0.380 e. The molecule has 3 aromatic rings. The molecule has 0 saturated carbocycles. The Morgan fingerprint density at radius 2 is 2.08 bits per heavy atom. The van der Waals surface area contributed by atoms with Gasteiger partial charge in [0.15, 0.2) is 5.82 Å². The predicted octanol–water partition coefficient (Wildman–Crippen LogP) is 2.47. The fraction of sp³-hybridized carbons (Fsp3) is 0.389. The van der Waals surface area contributed by atoms with E-state index >= 15 is 0 Å². The van der Waals surface area contributed by atoms with Crippen LogP contribution in [-0.2, 0) is 11.3 Å². The van der Waals surface area contributed by atoms with Crippen LogP contribution in [0.3, 0.4) is 0 Å². The van der Waals surface area contributed by atoms with Crippen molar-refractivity contribution >= 4 is 0 Å². The van der Waals surface area contributed by atoms with E-state index in [2.05, 4.69) is 42.4 Å². The standard InChI is InChI=1S/C18H22N6O/c1-12-20-18(23-21-12)16-8-15(25-2)11-24(16)10-14-9-19-22-17(14)13-6-4-3-5-7-13/h3-7,9,15-16H,8,10-11H2,1-2H3,(H,19,22)(H,20,21,23)/t15-,16-/m0/s1. The molecular formula is C18H22N6O. The highest BCUT2D eigenvalue weighted by molar-refractivity contribution is 5.62. The molecule has 7 heteroatoms. The second-order valence-electron chi connectivity index (χ2n) is 6.45. The first-order chi connectivity index (χ1) is 12.2. The number of aryl methyl sites for hydroxylation is 1. The first-order valence-corrected chi connectivity index (χ1v) is 8.48. The average molecular weight is 338 g/mol. The average Bonchev–Trinajstić information content (AvgIpc) is 3.36. The van der Waals surface area contributed by atoms with Crippen molar-refractivity contribution in [2.75, 3.05) is 13.7 Å². The first kappa shape index (κ1) is 16.0. The summed E-state index contributed by atoms with van der Waals surface area (Å²) < 4.78 is 5.60. The number of likely N-dealkylation sites (tertiary alicyclic amines) is 1. The molecule has 0 unspecified atom stereocenters. The molecule has 0 radical (unpaired) electrons. The highest BCUT2D eigenvalue weighted by atomic mass is 16.5. The lowest BCUT2D eigenvalue weighted by atomic mass is 10.1. The molecule has 0 spiro atoms. The van der Waals surface area contributed by atoms with Crippen molar-refractivity contribution in [2.24, 2.45) is 0 Å². The zero-order chi connectivity index (χ0) is 17.2. The number of benzene rings is 1. The Labute approximate surface area is 146 Å². The van der Waals surface area contributed by atoms with E-state index in [4.69, 9.17) is 4.74 Å². The van der Waals surface area contributed by atoms with Gasteiger partial charge in [0.05, 0.1) is 24.0 Å². The van der Waals surface area contributed by atoms with Crippen molar-refractivity contribution in [1.29, 1.82) is 0 Å². The summed E-state index contributed by atoms with van der Waals surface area (Å²) in [4.78, 5) is 6.90. The van der Waals surface area contributed by atoms with Crippen molar-refractivity contribution in [2.45, 2.75) is 32.0 Å². The van der Waals surface area contributed by atoms with Crippen LogP contribution in [0.1, 0.15) is 29.7 Å². The van der Waals surface area contributed by atoms with E-state index in [9.17, 15) is 0 Å². The number of hydrogen-bond donors (Lipinski definition) is 2. The van der Waals surface area contributed by atoms with E-state index in [1.807, 2.05) is 31.3 Å². The summed E-state index contributed by atoms with van der Waals surface area (Å²) in [6, 6.07) is 10.4. The number of nitrogens with one attached hydrogen (secondary N) is 2. The molecule has 1 aliphatic heterocycles. The number of H-pyrrole nitrogens is 2. The Bertz CT molecular complexity index is 827. The van der Waals surface area contributed by atoms with E-state index in [-0.39, 0.29) is 12.1 Å². The maximum absolute atomic E-state index is 5.60. The van der Waals surface area contributed by atoms with Crippen LogP contribution in [-0.4, -0.2) is 50.0 Å². The van der Waals surface area contributed by atoms with Gasteiger partial charge in [-0.15, -0.1) is 0 Å². The molecule has 0 bridgehead atoms. The van der Waals surface area contributed by atoms with Gasteiger partial charge in [-0.1, -0.05) is 30.3 Å². The topological polar surface area (TPSA) is 82.7 Å². The summed E-state index contributed by atoms with van der Waals surface area (Å²) in [6.45, 7) is 3.56. The second-order valence-corrected chi connectivity index (χ2v) is 6.45. The fourth-order valence-corrected chi connectivity index (χ4v) is 3.49. The molecule has 1 saturated heterocycles. The molecule has 130 valence electrons. The molecule has 0 aliphatic carbocycles. The molecule has 2 aromatic heterocycles. The van der Waals surface area contributed by atoms with Gasteiger partial charge in [0.2, 0.25) is 0 Å². The van der Waals surface area contributed by atoms with Crippen LogP contribution in [0.5, 0.6) is 0 Å². The van der Waals surface area contributed by atoms with Gasteiger partial charge in [0.1, 0.15) is 5.82 Å². The number of aromatic amines is 2. The van der Waals surface area contributed by atoms with Crippen molar-refractivity contribution in [3.05, 3.63) is 53.7 Å². The van der Waals surface area contributed by atoms with Crippen molar-refractivity contribution < 1.29 is 4.74 Å². The third-order valence-corrected chi connectivity index (χ3v) is 4.76. The smallest absolute Gasteiger partial charge is 0.167 e. The summed E-state index contributed by atoms with van der Waals surface area (Å²) in [6.07, 6.45) is 2.99. The predicted molar refractivity (Wildman–Crippen MR) is 93.7 cm³/mol. The maximum atomic E-state index is 5.60. The minimum absolute atomic E-state index is 0.147. The maximum Gasteiger partial charge on any atom is 0.167 e. The number of nitrogens with zero attached hydrogens (tertiary/aromatic N) is 4. The molecule has 2 atom stereocenters. The number of aromatic nitrogens is 5. The van der Waals surface area contributed by atoms with E-state index in [1.165, 1.54) is 5.56 Å². The van der Waals surface area contributed by atoms with E-state index < -0.39 is 0 Å². The fourth-order valence-electron chi connectivity index (χ4n) is 3.49. The minimum atomic E-state index is 0.147. The van der Waals surface area contributed by atoms with Gasteiger partial charge >= 0.3 is 0 Å². The van der Waals surface area contributed by atoms with Crippen LogP contribution < -0.4 is 0 Å². The molecule has 25 heavy (non-hydrogen) atoms. The van der Waals surface area contributed by atoms with Gasteiger partial charge < -0.3 is 4.74 Å².